The number of nitriles is 1. The zero-order valence-corrected chi connectivity index (χ0v) is 13.7. The highest BCUT2D eigenvalue weighted by Crippen LogP contribution is 2.23. The highest BCUT2D eigenvalue weighted by atomic mass is 15.3. The molecule has 118 valence electrons. The number of pyridine rings is 2. The van der Waals surface area contributed by atoms with Crippen molar-refractivity contribution in [2.24, 2.45) is 0 Å². The third kappa shape index (κ3) is 3.49. The summed E-state index contributed by atoms with van der Waals surface area (Å²) >= 11 is 0. The minimum Gasteiger partial charge on any atom is -0.353 e. The van der Waals surface area contributed by atoms with Gasteiger partial charge in [-0.3, -0.25) is 9.88 Å². The van der Waals surface area contributed by atoms with Gasteiger partial charge in [0.15, 0.2) is 0 Å². The number of rotatable bonds is 3. The van der Waals surface area contributed by atoms with Crippen LogP contribution in [0, 0.1) is 25.2 Å². The fourth-order valence-electron chi connectivity index (χ4n) is 3.05. The first-order chi connectivity index (χ1) is 11.2. The van der Waals surface area contributed by atoms with Crippen molar-refractivity contribution in [3.63, 3.8) is 0 Å². The van der Waals surface area contributed by atoms with Crippen molar-refractivity contribution in [1.29, 1.82) is 5.26 Å². The molecule has 0 N–H and O–H groups in total. The Hall–Kier alpha value is -2.45. The molecule has 1 fully saturated rings. The molecule has 1 aliphatic rings. The average molecular weight is 307 g/mol. The molecule has 23 heavy (non-hydrogen) atoms. The first-order valence-electron chi connectivity index (χ1n) is 7.92. The molecule has 2 aromatic rings. The van der Waals surface area contributed by atoms with Crippen molar-refractivity contribution in [3.05, 3.63) is 53.0 Å². The summed E-state index contributed by atoms with van der Waals surface area (Å²) in [6.45, 7) is 8.66. The van der Waals surface area contributed by atoms with Crippen molar-refractivity contribution in [2.75, 3.05) is 31.1 Å². The maximum atomic E-state index is 9.43. The Morgan fingerprint density at radius 1 is 1.13 bits per heavy atom. The van der Waals surface area contributed by atoms with Crippen LogP contribution in [0.2, 0.25) is 0 Å². The fourth-order valence-corrected chi connectivity index (χ4v) is 3.05. The Morgan fingerprint density at radius 3 is 2.48 bits per heavy atom. The molecule has 0 amide bonds. The van der Waals surface area contributed by atoms with Gasteiger partial charge in [-0.2, -0.15) is 5.26 Å². The van der Waals surface area contributed by atoms with Crippen LogP contribution in [0.3, 0.4) is 0 Å². The second kappa shape index (κ2) is 6.76. The zero-order valence-electron chi connectivity index (χ0n) is 13.7. The predicted octanol–water partition coefficient (Wildman–Crippen LogP) is 2.29. The Balaban J connectivity index is 1.69. The number of hydrogen-bond donors (Lipinski definition) is 0. The van der Waals surface area contributed by atoms with Crippen LogP contribution in [0.15, 0.2) is 30.6 Å². The maximum Gasteiger partial charge on any atom is 0.147 e. The van der Waals surface area contributed by atoms with Crippen molar-refractivity contribution in [2.45, 2.75) is 20.4 Å². The van der Waals surface area contributed by atoms with Gasteiger partial charge in [0.25, 0.3) is 0 Å². The highest BCUT2D eigenvalue weighted by Gasteiger charge is 2.21. The van der Waals surface area contributed by atoms with E-state index in [2.05, 4.69) is 38.0 Å². The van der Waals surface area contributed by atoms with Crippen molar-refractivity contribution in [3.8, 4) is 6.07 Å². The molecule has 0 unspecified atom stereocenters. The van der Waals surface area contributed by atoms with Crippen LogP contribution in [-0.4, -0.2) is 41.0 Å². The van der Waals surface area contributed by atoms with Crippen LogP contribution >= 0.6 is 0 Å². The van der Waals surface area contributed by atoms with Gasteiger partial charge in [-0.05, 0) is 43.2 Å². The number of hydrogen-bond acceptors (Lipinski definition) is 5. The van der Waals surface area contributed by atoms with Gasteiger partial charge >= 0.3 is 0 Å². The standard InChI is InChI=1S/C18H21N5/c1-14-11-15(2)21-18(17(14)12-19)23-9-7-22(8-10-23)13-16-3-5-20-6-4-16/h3-6,11H,7-10,13H2,1-2H3. The molecule has 3 rings (SSSR count). The van der Waals surface area contributed by atoms with Gasteiger partial charge in [-0.15, -0.1) is 0 Å². The third-order valence-electron chi connectivity index (χ3n) is 4.26. The molecule has 0 bridgehead atoms. The zero-order chi connectivity index (χ0) is 16.2. The number of aromatic nitrogens is 2. The third-order valence-corrected chi connectivity index (χ3v) is 4.26. The molecular formula is C18H21N5. The molecule has 0 radical (unpaired) electrons. The Labute approximate surface area is 137 Å². The molecule has 1 saturated heterocycles. The van der Waals surface area contributed by atoms with Crippen LogP contribution in [0.5, 0.6) is 0 Å². The summed E-state index contributed by atoms with van der Waals surface area (Å²) in [6, 6.07) is 8.41. The number of anilines is 1. The summed E-state index contributed by atoms with van der Waals surface area (Å²) in [5, 5.41) is 9.43. The lowest BCUT2D eigenvalue weighted by Gasteiger charge is -2.36. The minimum atomic E-state index is 0.707. The predicted molar refractivity (Wildman–Crippen MR) is 90.2 cm³/mol. The van der Waals surface area contributed by atoms with E-state index < -0.39 is 0 Å². The first kappa shape index (κ1) is 15.4. The quantitative estimate of drug-likeness (QED) is 0.871. The molecule has 2 aromatic heterocycles. The molecule has 0 spiro atoms. The summed E-state index contributed by atoms with van der Waals surface area (Å²) in [4.78, 5) is 13.3. The highest BCUT2D eigenvalue weighted by molar-refractivity contribution is 5.58. The van der Waals surface area contributed by atoms with Gasteiger partial charge in [0.1, 0.15) is 11.9 Å². The number of aryl methyl sites for hydroxylation is 2. The second-order valence-electron chi connectivity index (χ2n) is 6.01. The molecule has 0 aliphatic carbocycles. The molecule has 1 aliphatic heterocycles. The van der Waals surface area contributed by atoms with Gasteiger partial charge in [-0.25, -0.2) is 4.98 Å². The number of nitrogens with zero attached hydrogens (tertiary/aromatic N) is 5. The van der Waals surface area contributed by atoms with Crippen molar-refractivity contribution < 1.29 is 0 Å². The van der Waals surface area contributed by atoms with Gasteiger partial charge in [0.2, 0.25) is 0 Å². The van der Waals surface area contributed by atoms with Crippen LogP contribution in [0.1, 0.15) is 22.4 Å². The van der Waals surface area contributed by atoms with E-state index in [0.717, 1.165) is 49.8 Å². The van der Waals surface area contributed by atoms with E-state index in [4.69, 9.17) is 0 Å². The van der Waals surface area contributed by atoms with E-state index >= 15 is 0 Å². The summed E-state index contributed by atoms with van der Waals surface area (Å²) in [6.07, 6.45) is 3.68. The van der Waals surface area contributed by atoms with E-state index in [1.54, 1.807) is 0 Å². The molecule has 0 atom stereocenters. The lowest BCUT2D eigenvalue weighted by atomic mass is 10.1. The van der Waals surface area contributed by atoms with Crippen molar-refractivity contribution >= 4 is 5.82 Å². The Bertz CT molecular complexity index is 712. The summed E-state index contributed by atoms with van der Waals surface area (Å²) in [5.41, 5.74) is 3.97. The van der Waals surface area contributed by atoms with E-state index in [-0.39, 0.29) is 0 Å². The average Bonchev–Trinajstić information content (AvgIpc) is 2.56. The van der Waals surface area contributed by atoms with E-state index in [1.807, 2.05) is 32.3 Å². The van der Waals surface area contributed by atoms with E-state index in [0.29, 0.717) is 5.56 Å². The smallest absolute Gasteiger partial charge is 0.147 e. The summed E-state index contributed by atoms with van der Waals surface area (Å²) < 4.78 is 0. The summed E-state index contributed by atoms with van der Waals surface area (Å²) in [7, 11) is 0. The number of piperazine rings is 1. The van der Waals surface area contributed by atoms with Crippen LogP contribution in [0.25, 0.3) is 0 Å². The SMILES string of the molecule is Cc1cc(C)c(C#N)c(N2CCN(Cc3ccncc3)CC2)n1. The lowest BCUT2D eigenvalue weighted by Crippen LogP contribution is -2.46. The van der Waals surface area contributed by atoms with Gasteiger partial charge in [0, 0.05) is 50.8 Å². The monoisotopic (exact) mass is 307 g/mol. The molecule has 5 nitrogen and oxygen atoms in total. The topological polar surface area (TPSA) is 56.1 Å². The Morgan fingerprint density at radius 2 is 1.83 bits per heavy atom. The van der Waals surface area contributed by atoms with E-state index in [1.165, 1.54) is 5.56 Å². The van der Waals surface area contributed by atoms with Gasteiger partial charge in [0.05, 0.1) is 5.56 Å². The normalized spacial score (nSPS) is 15.4. The van der Waals surface area contributed by atoms with Crippen molar-refractivity contribution in [1.82, 2.24) is 14.9 Å². The second-order valence-corrected chi connectivity index (χ2v) is 6.01. The lowest BCUT2D eigenvalue weighted by molar-refractivity contribution is 0.249. The van der Waals surface area contributed by atoms with Crippen LogP contribution < -0.4 is 4.90 Å². The van der Waals surface area contributed by atoms with E-state index in [9.17, 15) is 5.26 Å². The molecule has 0 saturated carbocycles. The minimum absolute atomic E-state index is 0.707. The van der Waals surface area contributed by atoms with Crippen LogP contribution in [-0.2, 0) is 6.54 Å². The fraction of sp³-hybridized carbons (Fsp3) is 0.389. The molecule has 5 heteroatoms. The first-order valence-corrected chi connectivity index (χ1v) is 7.92. The maximum absolute atomic E-state index is 9.43. The largest absolute Gasteiger partial charge is 0.353 e. The molecular weight excluding hydrogens is 286 g/mol. The van der Waals surface area contributed by atoms with Gasteiger partial charge < -0.3 is 4.90 Å². The molecule has 0 aromatic carbocycles. The van der Waals surface area contributed by atoms with Crippen LogP contribution in [0.4, 0.5) is 5.82 Å². The Kier molecular flexibility index (Phi) is 4.54. The van der Waals surface area contributed by atoms with Gasteiger partial charge in [-0.1, -0.05) is 0 Å². The molecule has 3 heterocycles. The summed E-state index contributed by atoms with van der Waals surface area (Å²) in [5.74, 6) is 0.841.